The van der Waals surface area contributed by atoms with Gasteiger partial charge in [0.2, 0.25) is 5.95 Å². The minimum Gasteiger partial charge on any atom is -0.366 e. The van der Waals surface area contributed by atoms with Crippen LogP contribution in [0.3, 0.4) is 0 Å². The molecule has 2 aromatic heterocycles. The number of benzene rings is 2. The summed E-state index contributed by atoms with van der Waals surface area (Å²) in [6, 6.07) is 15.1. The second-order valence-corrected chi connectivity index (χ2v) is 6.97. The van der Waals surface area contributed by atoms with Crippen molar-refractivity contribution in [2.24, 2.45) is 0 Å². The summed E-state index contributed by atoms with van der Waals surface area (Å²) in [5.41, 5.74) is 3.49. The van der Waals surface area contributed by atoms with Crippen LogP contribution in [0.5, 0.6) is 0 Å². The van der Waals surface area contributed by atoms with Gasteiger partial charge in [-0.05, 0) is 25.1 Å². The molecular weight excluding hydrogens is 355 g/mol. The van der Waals surface area contributed by atoms with Crippen molar-refractivity contribution < 1.29 is 4.39 Å². The predicted octanol–water partition coefficient (Wildman–Crippen LogP) is 3.47. The third-order valence-corrected chi connectivity index (χ3v) is 5.43. The van der Waals surface area contributed by atoms with Gasteiger partial charge in [-0.25, -0.2) is 4.39 Å². The molecule has 0 spiro atoms. The molecule has 0 unspecified atom stereocenters. The van der Waals surface area contributed by atoms with Gasteiger partial charge >= 0.3 is 0 Å². The number of rotatable bonds is 3. The van der Waals surface area contributed by atoms with Crippen LogP contribution in [-0.4, -0.2) is 45.9 Å². The highest BCUT2D eigenvalue weighted by Gasteiger charge is 2.22. The molecule has 3 heterocycles. The van der Waals surface area contributed by atoms with Crippen molar-refractivity contribution in [2.75, 3.05) is 36.0 Å². The maximum Gasteiger partial charge on any atom is 0.247 e. The zero-order chi connectivity index (χ0) is 19.1. The second kappa shape index (κ2) is 6.74. The fourth-order valence-corrected chi connectivity index (χ4v) is 4.00. The van der Waals surface area contributed by atoms with Crippen molar-refractivity contribution in [3.05, 3.63) is 54.3 Å². The predicted molar refractivity (Wildman–Crippen MR) is 109 cm³/mol. The molecule has 28 heavy (non-hydrogen) atoms. The number of aromatic nitrogens is 4. The molecule has 1 saturated heterocycles. The van der Waals surface area contributed by atoms with Crippen LogP contribution >= 0.6 is 0 Å². The van der Waals surface area contributed by atoms with E-state index >= 15 is 0 Å². The van der Waals surface area contributed by atoms with Gasteiger partial charge in [-0.1, -0.05) is 30.3 Å². The number of anilines is 2. The minimum absolute atomic E-state index is 0.178. The first kappa shape index (κ1) is 16.9. The van der Waals surface area contributed by atoms with E-state index in [2.05, 4.69) is 43.6 Å². The molecule has 0 amide bonds. The first-order valence-corrected chi connectivity index (χ1v) is 9.62. The highest BCUT2D eigenvalue weighted by Crippen LogP contribution is 2.27. The Labute approximate surface area is 162 Å². The van der Waals surface area contributed by atoms with E-state index in [1.807, 2.05) is 24.3 Å². The highest BCUT2D eigenvalue weighted by molar-refractivity contribution is 6.04. The van der Waals surface area contributed by atoms with Crippen molar-refractivity contribution in [2.45, 2.75) is 13.5 Å². The molecule has 0 bridgehead atoms. The topological polar surface area (TPSA) is 50.1 Å². The molecule has 1 fully saturated rings. The van der Waals surface area contributed by atoms with Crippen molar-refractivity contribution in [3.8, 4) is 0 Å². The third-order valence-electron chi connectivity index (χ3n) is 5.43. The molecular formula is C21H21FN6. The maximum atomic E-state index is 14.1. The Morgan fingerprint density at radius 3 is 2.39 bits per heavy atom. The Hall–Kier alpha value is -3.22. The molecule has 4 aromatic rings. The lowest BCUT2D eigenvalue weighted by molar-refractivity contribution is 0.593. The minimum atomic E-state index is -0.178. The van der Waals surface area contributed by atoms with E-state index in [-0.39, 0.29) is 5.82 Å². The van der Waals surface area contributed by atoms with Crippen LogP contribution in [0.2, 0.25) is 0 Å². The summed E-state index contributed by atoms with van der Waals surface area (Å²) >= 11 is 0. The van der Waals surface area contributed by atoms with Crippen LogP contribution in [0.15, 0.2) is 48.5 Å². The van der Waals surface area contributed by atoms with Crippen LogP contribution in [0.25, 0.3) is 22.1 Å². The highest BCUT2D eigenvalue weighted by atomic mass is 19.1. The third kappa shape index (κ3) is 2.66. The van der Waals surface area contributed by atoms with Crippen LogP contribution in [0.1, 0.15) is 6.92 Å². The van der Waals surface area contributed by atoms with Gasteiger partial charge in [0.05, 0.1) is 11.2 Å². The molecule has 2 aromatic carbocycles. The van der Waals surface area contributed by atoms with Gasteiger partial charge in [0.1, 0.15) is 11.3 Å². The van der Waals surface area contributed by atoms with E-state index in [1.165, 1.54) is 6.07 Å². The van der Waals surface area contributed by atoms with Crippen molar-refractivity contribution in [1.29, 1.82) is 0 Å². The monoisotopic (exact) mass is 376 g/mol. The second-order valence-electron chi connectivity index (χ2n) is 6.97. The number of hydrogen-bond donors (Lipinski definition) is 0. The first-order valence-electron chi connectivity index (χ1n) is 9.62. The first-order chi connectivity index (χ1) is 13.8. The lowest BCUT2D eigenvalue weighted by atomic mass is 10.2. The van der Waals surface area contributed by atoms with E-state index in [4.69, 9.17) is 4.98 Å². The summed E-state index contributed by atoms with van der Waals surface area (Å²) in [7, 11) is 0. The Balaban J connectivity index is 1.44. The molecule has 7 heteroatoms. The number of piperazine rings is 1. The standard InChI is InChI=1S/C21H21FN6/c1-2-28-17-9-5-3-7-15(17)19-20(28)23-21(25-24-19)27-13-11-26(12-14-27)18-10-6-4-8-16(18)22/h3-10H,2,11-14H2,1H3. The summed E-state index contributed by atoms with van der Waals surface area (Å²) in [4.78, 5) is 9.04. The molecule has 1 aliphatic heterocycles. The van der Waals surface area contributed by atoms with E-state index in [1.54, 1.807) is 6.07 Å². The Morgan fingerprint density at radius 2 is 1.61 bits per heavy atom. The molecule has 5 rings (SSSR count). The van der Waals surface area contributed by atoms with Crippen molar-refractivity contribution in [3.63, 3.8) is 0 Å². The van der Waals surface area contributed by atoms with Crippen molar-refractivity contribution >= 4 is 33.7 Å². The SMILES string of the molecule is CCn1c2ccccc2c2nnc(N3CCN(c4ccccc4F)CC3)nc21. The van der Waals surface area contributed by atoms with Gasteiger partial charge < -0.3 is 14.4 Å². The number of fused-ring (bicyclic) bond motifs is 3. The van der Waals surface area contributed by atoms with Gasteiger partial charge in [-0.15, -0.1) is 10.2 Å². The molecule has 142 valence electrons. The molecule has 0 radical (unpaired) electrons. The zero-order valence-electron chi connectivity index (χ0n) is 15.7. The molecule has 0 atom stereocenters. The quantitative estimate of drug-likeness (QED) is 0.548. The number of nitrogens with zero attached hydrogens (tertiary/aromatic N) is 6. The van der Waals surface area contributed by atoms with Gasteiger partial charge in [-0.2, -0.15) is 4.98 Å². The van der Waals surface area contributed by atoms with Crippen LogP contribution in [-0.2, 0) is 6.54 Å². The smallest absolute Gasteiger partial charge is 0.247 e. The average Bonchev–Trinajstić information content (AvgIpc) is 3.07. The van der Waals surface area contributed by atoms with E-state index in [9.17, 15) is 4.39 Å². The molecule has 0 aliphatic carbocycles. The normalized spacial score (nSPS) is 14.9. The Kier molecular flexibility index (Phi) is 4.07. The summed E-state index contributed by atoms with van der Waals surface area (Å²) in [5.74, 6) is 0.459. The molecule has 6 nitrogen and oxygen atoms in total. The summed E-state index contributed by atoms with van der Waals surface area (Å²) in [6.45, 7) is 5.84. The van der Waals surface area contributed by atoms with Gasteiger partial charge in [0, 0.05) is 38.1 Å². The fourth-order valence-electron chi connectivity index (χ4n) is 4.00. The maximum absolute atomic E-state index is 14.1. The van der Waals surface area contributed by atoms with E-state index in [0.29, 0.717) is 11.6 Å². The lowest BCUT2D eigenvalue weighted by Crippen LogP contribution is -2.47. The molecule has 0 N–H and O–H groups in total. The lowest BCUT2D eigenvalue weighted by Gasteiger charge is -2.35. The average molecular weight is 376 g/mol. The molecule has 1 aliphatic rings. The van der Waals surface area contributed by atoms with E-state index < -0.39 is 0 Å². The zero-order valence-corrected chi connectivity index (χ0v) is 15.7. The summed E-state index contributed by atoms with van der Waals surface area (Å²) < 4.78 is 16.2. The van der Waals surface area contributed by atoms with Gasteiger partial charge in [-0.3, -0.25) is 0 Å². The van der Waals surface area contributed by atoms with Crippen molar-refractivity contribution in [1.82, 2.24) is 19.7 Å². The Bertz CT molecular complexity index is 1150. The number of hydrogen-bond acceptors (Lipinski definition) is 5. The summed E-state index contributed by atoms with van der Waals surface area (Å²) in [5, 5.41) is 9.98. The van der Waals surface area contributed by atoms with Crippen LogP contribution in [0, 0.1) is 5.82 Å². The van der Waals surface area contributed by atoms with Crippen LogP contribution in [0.4, 0.5) is 16.0 Å². The van der Waals surface area contributed by atoms with E-state index in [0.717, 1.165) is 54.8 Å². The largest absolute Gasteiger partial charge is 0.366 e. The van der Waals surface area contributed by atoms with Crippen LogP contribution < -0.4 is 9.80 Å². The Morgan fingerprint density at radius 1 is 0.893 bits per heavy atom. The fraction of sp³-hybridized carbons (Fsp3) is 0.286. The summed E-state index contributed by atoms with van der Waals surface area (Å²) in [6.07, 6.45) is 0. The number of aryl methyl sites for hydroxylation is 1. The number of halogens is 1. The molecule has 0 saturated carbocycles. The van der Waals surface area contributed by atoms with Gasteiger partial charge in [0.15, 0.2) is 5.65 Å². The van der Waals surface area contributed by atoms with Gasteiger partial charge in [0.25, 0.3) is 0 Å². The number of para-hydroxylation sites is 2.